The maximum absolute atomic E-state index is 13.3. The van der Waals surface area contributed by atoms with Crippen LogP contribution in [-0.2, 0) is 36.8 Å². The van der Waals surface area contributed by atoms with Gasteiger partial charge in [0.25, 0.3) is 0 Å². The predicted octanol–water partition coefficient (Wildman–Crippen LogP) is 1.14. The van der Waals surface area contributed by atoms with Gasteiger partial charge < -0.3 is 42.0 Å². The number of para-hydroxylation sites is 1. The first-order chi connectivity index (χ1) is 21.0. The number of amides is 3. The van der Waals surface area contributed by atoms with Crippen molar-refractivity contribution in [1.29, 1.82) is 0 Å². The van der Waals surface area contributed by atoms with Gasteiger partial charge in [-0.15, -0.1) is 0 Å². The maximum atomic E-state index is 13.3. The average molecular weight is 628 g/mol. The van der Waals surface area contributed by atoms with E-state index in [1.165, 1.54) is 23.9 Å². The summed E-state index contributed by atoms with van der Waals surface area (Å²) in [5.74, 6) is -4.20. The molecule has 1 aromatic heterocycles. The number of carbonyl (C=O) groups excluding carboxylic acids is 3. The minimum absolute atomic E-state index is 0.0595. The number of carboxylic acids is 2. The molecular formula is C30H37N5O8S. The number of H-pyrrole nitrogens is 1. The van der Waals surface area contributed by atoms with Crippen molar-refractivity contribution in [2.45, 2.75) is 56.3 Å². The van der Waals surface area contributed by atoms with Crippen LogP contribution in [0.2, 0.25) is 0 Å². The highest BCUT2D eigenvalue weighted by atomic mass is 32.2. The highest BCUT2D eigenvalue weighted by Gasteiger charge is 2.31. The lowest BCUT2D eigenvalue weighted by atomic mass is 10.0. The van der Waals surface area contributed by atoms with Crippen molar-refractivity contribution in [2.75, 3.05) is 12.0 Å². The van der Waals surface area contributed by atoms with Gasteiger partial charge in [-0.2, -0.15) is 11.8 Å². The molecule has 44 heavy (non-hydrogen) atoms. The second-order valence-corrected chi connectivity index (χ2v) is 11.3. The zero-order valence-corrected chi connectivity index (χ0v) is 24.9. The first-order valence-electron chi connectivity index (χ1n) is 13.9. The number of fused-ring (bicyclic) bond motifs is 1. The van der Waals surface area contributed by atoms with Crippen molar-refractivity contribution in [2.24, 2.45) is 5.73 Å². The molecule has 4 unspecified atom stereocenters. The third-order valence-electron chi connectivity index (χ3n) is 6.97. The molecule has 1 heterocycles. The minimum Gasteiger partial charge on any atom is -0.508 e. The molecule has 0 spiro atoms. The van der Waals surface area contributed by atoms with E-state index < -0.39 is 60.2 Å². The summed E-state index contributed by atoms with van der Waals surface area (Å²) in [5.41, 5.74) is 8.22. The van der Waals surface area contributed by atoms with Gasteiger partial charge in [0.1, 0.15) is 23.9 Å². The van der Waals surface area contributed by atoms with Crippen LogP contribution in [-0.4, -0.2) is 86.1 Å². The Morgan fingerprint density at radius 1 is 0.841 bits per heavy atom. The summed E-state index contributed by atoms with van der Waals surface area (Å²) in [6.45, 7) is 0. The van der Waals surface area contributed by atoms with E-state index in [0.29, 0.717) is 16.9 Å². The van der Waals surface area contributed by atoms with Gasteiger partial charge >= 0.3 is 11.9 Å². The maximum Gasteiger partial charge on any atom is 0.326 e. The third kappa shape index (κ3) is 10.0. The van der Waals surface area contributed by atoms with Gasteiger partial charge in [0.2, 0.25) is 17.7 Å². The van der Waals surface area contributed by atoms with Crippen molar-refractivity contribution in [3.05, 3.63) is 65.9 Å². The van der Waals surface area contributed by atoms with Crippen LogP contribution in [0, 0.1) is 0 Å². The normalized spacial score (nSPS) is 13.8. The van der Waals surface area contributed by atoms with E-state index in [-0.39, 0.29) is 31.4 Å². The van der Waals surface area contributed by atoms with Crippen molar-refractivity contribution < 1.29 is 39.3 Å². The number of phenolic OH excluding ortho intramolecular Hbond substituents is 1. The van der Waals surface area contributed by atoms with Gasteiger partial charge in [-0.05, 0) is 60.6 Å². The van der Waals surface area contributed by atoms with Gasteiger partial charge in [0.05, 0.1) is 6.04 Å². The van der Waals surface area contributed by atoms with Gasteiger partial charge in [0, 0.05) is 29.9 Å². The Hall–Kier alpha value is -4.56. The molecule has 0 saturated heterocycles. The molecule has 0 aliphatic carbocycles. The fourth-order valence-electron chi connectivity index (χ4n) is 4.56. The van der Waals surface area contributed by atoms with Crippen molar-refractivity contribution in [3.8, 4) is 5.75 Å². The number of rotatable bonds is 17. The third-order valence-corrected chi connectivity index (χ3v) is 7.61. The molecular weight excluding hydrogens is 590 g/mol. The molecule has 0 fully saturated rings. The first-order valence-corrected chi connectivity index (χ1v) is 15.3. The van der Waals surface area contributed by atoms with E-state index in [4.69, 9.17) is 5.73 Å². The number of phenols is 1. The lowest BCUT2D eigenvalue weighted by molar-refractivity contribution is -0.143. The molecule has 13 nitrogen and oxygen atoms in total. The smallest absolute Gasteiger partial charge is 0.326 e. The van der Waals surface area contributed by atoms with Crippen molar-refractivity contribution >= 4 is 52.3 Å². The number of aliphatic carboxylic acids is 2. The highest BCUT2D eigenvalue weighted by Crippen LogP contribution is 2.19. The summed E-state index contributed by atoms with van der Waals surface area (Å²) in [6.07, 6.45) is 2.96. The number of hydrogen-bond acceptors (Lipinski definition) is 8. The molecule has 0 aliphatic rings. The van der Waals surface area contributed by atoms with E-state index in [0.717, 1.165) is 10.9 Å². The Balaban J connectivity index is 1.71. The van der Waals surface area contributed by atoms with Crippen LogP contribution >= 0.6 is 11.8 Å². The van der Waals surface area contributed by atoms with E-state index in [1.54, 1.807) is 24.4 Å². The number of carbonyl (C=O) groups is 5. The molecule has 0 aliphatic heterocycles. The van der Waals surface area contributed by atoms with E-state index in [9.17, 15) is 39.3 Å². The van der Waals surface area contributed by atoms with E-state index in [1.807, 2.05) is 24.5 Å². The minimum atomic E-state index is -1.39. The van der Waals surface area contributed by atoms with Gasteiger partial charge in [-0.3, -0.25) is 19.2 Å². The fraction of sp³-hybridized carbons (Fsp3) is 0.367. The molecule has 3 aromatic rings. The number of thioether (sulfide) groups is 1. The lowest BCUT2D eigenvalue weighted by Gasteiger charge is -2.25. The number of nitrogens with two attached hydrogens (primary N) is 1. The molecule has 4 atom stereocenters. The van der Waals surface area contributed by atoms with E-state index in [2.05, 4.69) is 20.9 Å². The van der Waals surface area contributed by atoms with Crippen LogP contribution in [0.3, 0.4) is 0 Å². The van der Waals surface area contributed by atoms with Crippen LogP contribution in [0.5, 0.6) is 5.75 Å². The number of aromatic amines is 1. The quantitative estimate of drug-likeness (QED) is 0.107. The molecule has 0 bridgehead atoms. The second kappa shape index (κ2) is 16.3. The van der Waals surface area contributed by atoms with Crippen molar-refractivity contribution in [1.82, 2.24) is 20.9 Å². The van der Waals surface area contributed by atoms with E-state index >= 15 is 0 Å². The summed E-state index contributed by atoms with van der Waals surface area (Å²) in [5, 5.41) is 36.9. The van der Waals surface area contributed by atoms with Crippen LogP contribution in [0.1, 0.15) is 30.4 Å². The molecule has 0 radical (unpaired) electrons. The molecule has 2 aromatic carbocycles. The first kappa shape index (κ1) is 33.9. The number of hydrogen-bond donors (Lipinski definition) is 8. The summed E-state index contributed by atoms with van der Waals surface area (Å²) >= 11 is 1.43. The molecule has 3 amide bonds. The molecule has 236 valence electrons. The molecule has 3 rings (SSSR count). The van der Waals surface area contributed by atoms with Gasteiger partial charge in [0.15, 0.2) is 0 Å². The Kier molecular flexibility index (Phi) is 12.6. The summed E-state index contributed by atoms with van der Waals surface area (Å²) in [7, 11) is 0. The Morgan fingerprint density at radius 2 is 1.45 bits per heavy atom. The molecule has 9 N–H and O–H groups in total. The Labute approximate surface area is 258 Å². The fourth-order valence-corrected chi connectivity index (χ4v) is 5.04. The SMILES string of the molecule is CSCCC(NC(=O)C(N)Cc1ccc(O)cc1)C(=O)NC(CCC(=O)O)C(=O)NC(Cc1c[nH]c2ccccc12)C(=O)O. The largest absolute Gasteiger partial charge is 0.508 e. The predicted molar refractivity (Wildman–Crippen MR) is 165 cm³/mol. The average Bonchev–Trinajstić information content (AvgIpc) is 3.40. The zero-order chi connectivity index (χ0) is 32.2. The number of aromatic hydroxyl groups is 1. The number of nitrogens with one attached hydrogen (secondary N) is 4. The molecule has 14 heteroatoms. The topological polar surface area (TPSA) is 224 Å². The summed E-state index contributed by atoms with van der Waals surface area (Å²) < 4.78 is 0. The number of aromatic nitrogens is 1. The van der Waals surface area contributed by atoms with Crippen LogP contribution in [0.25, 0.3) is 10.9 Å². The second-order valence-electron chi connectivity index (χ2n) is 10.3. The Bertz CT molecular complexity index is 1460. The van der Waals surface area contributed by atoms with Gasteiger partial charge in [-0.25, -0.2) is 4.79 Å². The standard InChI is InChI=1S/C30H37N5O8S/c1-44-13-12-24(33-27(39)21(31)14-17-6-8-19(36)9-7-17)29(41)34-23(10-11-26(37)38)28(40)35-25(30(42)43)15-18-16-32-22-5-3-2-4-20(18)22/h2-9,16,21,23-25,32,36H,10-15,31H2,1H3,(H,33,39)(H,34,41)(H,35,40)(H,37,38)(H,42,43). The summed E-state index contributed by atoms with van der Waals surface area (Å²) in [6, 6.07) is 8.58. The van der Waals surface area contributed by atoms with Crippen LogP contribution in [0.15, 0.2) is 54.7 Å². The van der Waals surface area contributed by atoms with Gasteiger partial charge in [-0.1, -0.05) is 30.3 Å². The molecule has 0 saturated carbocycles. The number of carboxylic acid groups (broad SMARTS) is 2. The van der Waals surface area contributed by atoms with Crippen molar-refractivity contribution in [3.63, 3.8) is 0 Å². The van der Waals surface area contributed by atoms with Crippen LogP contribution in [0.4, 0.5) is 0 Å². The lowest BCUT2D eigenvalue weighted by Crippen LogP contribution is -2.57. The zero-order valence-electron chi connectivity index (χ0n) is 24.1. The highest BCUT2D eigenvalue weighted by molar-refractivity contribution is 7.98. The van der Waals surface area contributed by atoms with Crippen LogP contribution < -0.4 is 21.7 Å². The number of benzene rings is 2. The monoisotopic (exact) mass is 627 g/mol. The Morgan fingerprint density at radius 3 is 2.09 bits per heavy atom. The summed E-state index contributed by atoms with van der Waals surface area (Å²) in [4.78, 5) is 66.0.